The molecule has 0 saturated heterocycles. The molecule has 0 aliphatic carbocycles. The summed E-state index contributed by atoms with van der Waals surface area (Å²) in [5.74, 6) is -0.0422. The van der Waals surface area contributed by atoms with E-state index in [0.717, 1.165) is 5.82 Å². The molecular formula is C13H13N3O2. The third-order valence-electron chi connectivity index (χ3n) is 2.46. The van der Waals surface area contributed by atoms with Gasteiger partial charge in [0.25, 0.3) is 0 Å². The highest BCUT2D eigenvalue weighted by atomic mass is 16.4. The highest BCUT2D eigenvalue weighted by molar-refractivity contribution is 5.88. The third kappa shape index (κ3) is 2.51. The van der Waals surface area contributed by atoms with Gasteiger partial charge in [0, 0.05) is 18.3 Å². The monoisotopic (exact) mass is 243 g/mol. The number of pyridine rings is 1. The van der Waals surface area contributed by atoms with Gasteiger partial charge >= 0.3 is 5.97 Å². The quantitative estimate of drug-likeness (QED) is 0.895. The Balaban J connectivity index is 2.45. The summed E-state index contributed by atoms with van der Waals surface area (Å²) in [6.07, 6.45) is 3.13. The molecule has 0 fully saturated rings. The van der Waals surface area contributed by atoms with Crippen molar-refractivity contribution in [2.75, 3.05) is 0 Å². The number of hydrogen-bond donors (Lipinski definition) is 1. The Morgan fingerprint density at radius 2 is 1.89 bits per heavy atom. The zero-order valence-electron chi connectivity index (χ0n) is 10.2. The predicted molar refractivity (Wildman–Crippen MR) is 66.3 cm³/mol. The molecule has 2 aromatic rings. The maximum atomic E-state index is 10.9. The Bertz CT molecular complexity index is 582. The van der Waals surface area contributed by atoms with Crippen molar-refractivity contribution < 1.29 is 9.90 Å². The second kappa shape index (κ2) is 4.91. The molecule has 0 unspecified atom stereocenters. The Kier molecular flexibility index (Phi) is 3.32. The second-order valence-corrected chi connectivity index (χ2v) is 4.19. The number of rotatable bonds is 3. The molecule has 0 saturated carbocycles. The van der Waals surface area contributed by atoms with Gasteiger partial charge in [0.2, 0.25) is 0 Å². The maximum Gasteiger partial charge on any atom is 0.335 e. The number of nitrogens with zero attached hydrogens (tertiary/aromatic N) is 3. The normalized spacial score (nSPS) is 10.6. The van der Waals surface area contributed by atoms with E-state index < -0.39 is 5.97 Å². The summed E-state index contributed by atoms with van der Waals surface area (Å²) in [5.41, 5.74) is 1.38. The van der Waals surface area contributed by atoms with E-state index in [1.807, 2.05) is 13.8 Å². The average molecular weight is 243 g/mol. The number of aromatic nitrogens is 3. The number of carboxylic acids is 1. The summed E-state index contributed by atoms with van der Waals surface area (Å²) in [4.78, 5) is 23.6. The van der Waals surface area contributed by atoms with Crippen molar-refractivity contribution in [2.24, 2.45) is 0 Å². The van der Waals surface area contributed by atoms with E-state index in [2.05, 4.69) is 15.0 Å². The lowest BCUT2D eigenvalue weighted by molar-refractivity contribution is 0.0697. The van der Waals surface area contributed by atoms with E-state index in [4.69, 9.17) is 5.11 Å². The summed E-state index contributed by atoms with van der Waals surface area (Å²) in [5, 5.41) is 8.94. The van der Waals surface area contributed by atoms with E-state index in [1.165, 1.54) is 18.3 Å². The molecule has 5 heteroatoms. The first kappa shape index (κ1) is 12.2. The fourth-order valence-corrected chi connectivity index (χ4v) is 1.50. The Morgan fingerprint density at radius 1 is 1.17 bits per heavy atom. The van der Waals surface area contributed by atoms with Crippen LogP contribution in [0.4, 0.5) is 0 Å². The van der Waals surface area contributed by atoms with Crippen LogP contribution in [0.2, 0.25) is 0 Å². The summed E-state index contributed by atoms with van der Waals surface area (Å²) >= 11 is 0. The molecule has 1 N–H and O–H groups in total. The fraction of sp³-hybridized carbons (Fsp3) is 0.231. The van der Waals surface area contributed by atoms with Crippen LogP contribution in [0, 0.1) is 0 Å². The van der Waals surface area contributed by atoms with Gasteiger partial charge in [0.05, 0.1) is 17.0 Å². The van der Waals surface area contributed by atoms with Crippen molar-refractivity contribution in [3.05, 3.63) is 42.0 Å². The third-order valence-corrected chi connectivity index (χ3v) is 2.46. The lowest BCUT2D eigenvalue weighted by atomic mass is 10.1. The number of aromatic carboxylic acids is 1. The number of hydrogen-bond acceptors (Lipinski definition) is 4. The lowest BCUT2D eigenvalue weighted by Crippen LogP contribution is -2.01. The summed E-state index contributed by atoms with van der Waals surface area (Å²) in [6, 6.07) is 4.69. The minimum absolute atomic E-state index is 0.199. The minimum Gasteiger partial charge on any atom is -0.478 e. The summed E-state index contributed by atoms with van der Waals surface area (Å²) < 4.78 is 0. The van der Waals surface area contributed by atoms with Crippen LogP contribution >= 0.6 is 0 Å². The fourth-order valence-electron chi connectivity index (χ4n) is 1.50. The van der Waals surface area contributed by atoms with E-state index in [-0.39, 0.29) is 11.5 Å². The Morgan fingerprint density at radius 3 is 2.56 bits per heavy atom. The van der Waals surface area contributed by atoms with Gasteiger partial charge in [-0.1, -0.05) is 13.8 Å². The predicted octanol–water partition coefficient (Wildman–Crippen LogP) is 2.36. The van der Waals surface area contributed by atoms with E-state index in [0.29, 0.717) is 11.4 Å². The molecule has 2 rings (SSSR count). The highest BCUT2D eigenvalue weighted by Gasteiger charge is 2.09. The van der Waals surface area contributed by atoms with Crippen LogP contribution in [0.1, 0.15) is 35.9 Å². The Hall–Kier alpha value is -2.30. The molecule has 92 valence electrons. The van der Waals surface area contributed by atoms with Crippen molar-refractivity contribution in [2.45, 2.75) is 19.8 Å². The maximum absolute atomic E-state index is 10.9. The second-order valence-electron chi connectivity index (χ2n) is 4.19. The molecule has 0 aliphatic rings. The SMILES string of the molecule is CC(C)c1nccc(-c2cc(C(=O)O)ccn2)n1. The molecule has 0 aliphatic heterocycles. The molecule has 2 heterocycles. The van der Waals surface area contributed by atoms with E-state index in [9.17, 15) is 4.79 Å². The largest absolute Gasteiger partial charge is 0.478 e. The van der Waals surface area contributed by atoms with Crippen molar-refractivity contribution in [1.82, 2.24) is 15.0 Å². The van der Waals surface area contributed by atoms with Gasteiger partial charge in [-0.25, -0.2) is 14.8 Å². The molecule has 0 spiro atoms. The van der Waals surface area contributed by atoms with Crippen molar-refractivity contribution in [3.8, 4) is 11.4 Å². The van der Waals surface area contributed by atoms with Gasteiger partial charge in [0.15, 0.2) is 0 Å². The van der Waals surface area contributed by atoms with Crippen LogP contribution in [0.3, 0.4) is 0 Å². The first-order chi connectivity index (χ1) is 8.58. The van der Waals surface area contributed by atoms with Gasteiger partial charge < -0.3 is 5.11 Å². The molecule has 5 nitrogen and oxygen atoms in total. The van der Waals surface area contributed by atoms with E-state index in [1.54, 1.807) is 12.3 Å². The topological polar surface area (TPSA) is 76.0 Å². The van der Waals surface area contributed by atoms with Crippen LogP contribution < -0.4 is 0 Å². The molecule has 2 aromatic heterocycles. The van der Waals surface area contributed by atoms with Gasteiger partial charge in [-0.15, -0.1) is 0 Å². The molecule has 0 aromatic carbocycles. The van der Waals surface area contributed by atoms with Crippen molar-refractivity contribution in [3.63, 3.8) is 0 Å². The minimum atomic E-state index is -0.975. The van der Waals surface area contributed by atoms with Crippen molar-refractivity contribution >= 4 is 5.97 Å². The molecule has 0 radical (unpaired) electrons. The van der Waals surface area contributed by atoms with Gasteiger partial charge in [-0.05, 0) is 18.2 Å². The smallest absolute Gasteiger partial charge is 0.335 e. The van der Waals surface area contributed by atoms with E-state index >= 15 is 0 Å². The first-order valence-corrected chi connectivity index (χ1v) is 5.60. The van der Waals surface area contributed by atoms with Gasteiger partial charge in [0.1, 0.15) is 5.82 Å². The number of carbonyl (C=O) groups is 1. The Labute approximate surface area is 105 Å². The average Bonchev–Trinajstić information content (AvgIpc) is 2.39. The first-order valence-electron chi connectivity index (χ1n) is 5.60. The highest BCUT2D eigenvalue weighted by Crippen LogP contribution is 2.17. The molecule has 18 heavy (non-hydrogen) atoms. The number of carboxylic acid groups (broad SMARTS) is 1. The van der Waals surface area contributed by atoms with Crippen LogP contribution in [-0.4, -0.2) is 26.0 Å². The van der Waals surface area contributed by atoms with Crippen LogP contribution in [-0.2, 0) is 0 Å². The van der Waals surface area contributed by atoms with Gasteiger partial charge in [-0.2, -0.15) is 0 Å². The standard InChI is InChI=1S/C13H13N3O2/c1-8(2)12-15-6-4-10(16-12)11-7-9(13(17)18)3-5-14-11/h3-8H,1-2H3,(H,17,18). The summed E-state index contributed by atoms with van der Waals surface area (Å²) in [7, 11) is 0. The van der Waals surface area contributed by atoms with Crippen LogP contribution in [0.15, 0.2) is 30.6 Å². The molecule has 0 amide bonds. The van der Waals surface area contributed by atoms with Crippen molar-refractivity contribution in [1.29, 1.82) is 0 Å². The van der Waals surface area contributed by atoms with Crippen LogP contribution in [0.5, 0.6) is 0 Å². The summed E-state index contributed by atoms with van der Waals surface area (Å²) in [6.45, 7) is 4.00. The zero-order chi connectivity index (χ0) is 13.1. The molecule has 0 atom stereocenters. The molecular weight excluding hydrogens is 230 g/mol. The van der Waals surface area contributed by atoms with Gasteiger partial charge in [-0.3, -0.25) is 4.98 Å². The molecule has 0 bridgehead atoms. The zero-order valence-corrected chi connectivity index (χ0v) is 10.2. The van der Waals surface area contributed by atoms with Crippen LogP contribution in [0.25, 0.3) is 11.4 Å². The lowest BCUT2D eigenvalue weighted by Gasteiger charge is -2.06.